The summed E-state index contributed by atoms with van der Waals surface area (Å²) >= 11 is 1.77. The fraction of sp³-hybridized carbons (Fsp3) is 0.593. The number of rotatable bonds is 9. The molecular formula is C27H41NO3S. The average molecular weight is 460 g/mol. The monoisotopic (exact) mass is 459 g/mol. The molecule has 1 aromatic rings. The number of aromatic hydroxyl groups is 1. The Morgan fingerprint density at radius 1 is 1.00 bits per heavy atom. The number of carbonyl (C=O) groups is 1. The third kappa shape index (κ3) is 8.23. The second-order valence-electron chi connectivity index (χ2n) is 10.9. The Labute approximate surface area is 198 Å². The normalized spacial score (nSPS) is 16.1. The first-order valence-corrected chi connectivity index (χ1v) is 12.6. The number of carboxylic acid groups (broad SMARTS) is 1. The Bertz CT molecular complexity index is 808. The van der Waals surface area contributed by atoms with Crippen molar-refractivity contribution < 1.29 is 15.0 Å². The number of phenols is 1. The van der Waals surface area contributed by atoms with Gasteiger partial charge in [0, 0.05) is 41.7 Å². The second-order valence-corrected chi connectivity index (χ2v) is 11.9. The highest BCUT2D eigenvalue weighted by Gasteiger charge is 2.26. The summed E-state index contributed by atoms with van der Waals surface area (Å²) in [5.74, 6) is -0.272. The van der Waals surface area contributed by atoms with E-state index in [1.165, 1.54) is 4.91 Å². The Morgan fingerprint density at radius 3 is 2.12 bits per heavy atom. The van der Waals surface area contributed by atoms with Crippen LogP contribution in [-0.2, 0) is 15.6 Å². The summed E-state index contributed by atoms with van der Waals surface area (Å²) in [5.41, 5.74) is 2.87. The molecule has 0 aliphatic carbocycles. The molecule has 0 radical (unpaired) electrons. The standard InChI is InChI=1S/C27H41NO3S/c1-26(2,3)22-17-20(18-23(25(22)31)27(4,5)6)16-21-19-28(14-15-32-21)13-11-9-7-8-10-12-24(29)30/h14-18,31H,7-13,19H2,1-6H3,(H,29,30). The molecule has 32 heavy (non-hydrogen) atoms. The minimum Gasteiger partial charge on any atom is -0.507 e. The van der Waals surface area contributed by atoms with Gasteiger partial charge in [-0.25, -0.2) is 0 Å². The third-order valence-electron chi connectivity index (χ3n) is 5.76. The molecule has 0 spiro atoms. The lowest BCUT2D eigenvalue weighted by Crippen LogP contribution is -2.22. The van der Waals surface area contributed by atoms with Gasteiger partial charge in [0.15, 0.2) is 0 Å². The third-order valence-corrected chi connectivity index (χ3v) is 6.57. The molecular weight excluding hydrogens is 418 g/mol. The van der Waals surface area contributed by atoms with Crippen molar-refractivity contribution >= 4 is 23.8 Å². The van der Waals surface area contributed by atoms with Crippen LogP contribution in [0.4, 0.5) is 0 Å². The van der Waals surface area contributed by atoms with E-state index in [0.717, 1.165) is 61.9 Å². The van der Waals surface area contributed by atoms with Crippen LogP contribution < -0.4 is 0 Å². The number of unbranched alkanes of at least 4 members (excludes halogenated alkanes) is 4. The van der Waals surface area contributed by atoms with E-state index in [4.69, 9.17) is 5.11 Å². The maximum absolute atomic E-state index is 11.0. The smallest absolute Gasteiger partial charge is 0.303 e. The molecule has 1 aliphatic heterocycles. The van der Waals surface area contributed by atoms with E-state index in [1.807, 2.05) is 0 Å². The van der Waals surface area contributed by atoms with Gasteiger partial charge in [0.25, 0.3) is 0 Å². The molecule has 0 saturated carbocycles. The van der Waals surface area contributed by atoms with E-state index in [1.54, 1.807) is 11.8 Å². The highest BCUT2D eigenvalue weighted by atomic mass is 32.2. The van der Waals surface area contributed by atoms with E-state index in [-0.39, 0.29) is 17.3 Å². The summed E-state index contributed by atoms with van der Waals surface area (Å²) in [6, 6.07) is 4.27. The van der Waals surface area contributed by atoms with Gasteiger partial charge >= 0.3 is 5.97 Å². The van der Waals surface area contributed by atoms with Crippen molar-refractivity contribution in [3.8, 4) is 5.75 Å². The summed E-state index contributed by atoms with van der Waals surface area (Å²) < 4.78 is 0. The number of thioether (sulfide) groups is 1. The van der Waals surface area contributed by atoms with Gasteiger partial charge in [0.2, 0.25) is 0 Å². The van der Waals surface area contributed by atoms with E-state index < -0.39 is 5.97 Å². The van der Waals surface area contributed by atoms with Crippen LogP contribution in [0.15, 0.2) is 28.6 Å². The predicted octanol–water partition coefficient (Wildman–Crippen LogP) is 7.27. The first kappa shape index (κ1) is 26.4. The Kier molecular flexibility index (Phi) is 9.32. The van der Waals surface area contributed by atoms with Crippen LogP contribution in [0.5, 0.6) is 5.75 Å². The van der Waals surface area contributed by atoms with Crippen LogP contribution >= 0.6 is 11.8 Å². The highest BCUT2D eigenvalue weighted by molar-refractivity contribution is 8.06. The summed E-state index contributed by atoms with van der Waals surface area (Å²) in [5, 5.41) is 21.8. The van der Waals surface area contributed by atoms with Crippen molar-refractivity contribution in [1.82, 2.24) is 4.90 Å². The molecule has 178 valence electrons. The lowest BCUT2D eigenvalue weighted by molar-refractivity contribution is -0.137. The van der Waals surface area contributed by atoms with Gasteiger partial charge in [-0.15, -0.1) is 0 Å². The van der Waals surface area contributed by atoms with Gasteiger partial charge in [-0.2, -0.15) is 0 Å². The Morgan fingerprint density at radius 2 is 1.56 bits per heavy atom. The highest BCUT2D eigenvalue weighted by Crippen LogP contribution is 2.40. The first-order chi connectivity index (χ1) is 14.9. The molecule has 0 bridgehead atoms. The maximum atomic E-state index is 11.0. The number of hydrogen-bond donors (Lipinski definition) is 2. The van der Waals surface area contributed by atoms with Crippen molar-refractivity contribution in [2.24, 2.45) is 0 Å². The van der Waals surface area contributed by atoms with E-state index in [2.05, 4.69) is 76.3 Å². The summed E-state index contributed by atoms with van der Waals surface area (Å²) in [7, 11) is 0. The first-order valence-electron chi connectivity index (χ1n) is 11.8. The number of nitrogens with zero attached hydrogens (tertiary/aromatic N) is 1. The van der Waals surface area contributed by atoms with Crippen molar-refractivity contribution in [2.75, 3.05) is 13.1 Å². The van der Waals surface area contributed by atoms with Gasteiger partial charge in [0.05, 0.1) is 0 Å². The number of phenolic OH excluding ortho intramolecular Hbond substituents is 1. The molecule has 4 nitrogen and oxygen atoms in total. The minimum absolute atomic E-state index is 0.130. The van der Waals surface area contributed by atoms with Crippen LogP contribution in [0.2, 0.25) is 0 Å². The minimum atomic E-state index is -0.696. The molecule has 0 unspecified atom stereocenters. The van der Waals surface area contributed by atoms with Crippen molar-refractivity contribution in [3.63, 3.8) is 0 Å². The quantitative estimate of drug-likeness (QED) is 0.380. The maximum Gasteiger partial charge on any atom is 0.303 e. The Balaban J connectivity index is 2.04. The lowest BCUT2D eigenvalue weighted by Gasteiger charge is -2.28. The van der Waals surface area contributed by atoms with Crippen molar-refractivity contribution in [3.05, 3.63) is 45.3 Å². The molecule has 1 aromatic carbocycles. The number of hydrogen-bond acceptors (Lipinski definition) is 4. The molecule has 0 saturated heterocycles. The zero-order valence-electron chi connectivity index (χ0n) is 20.7. The van der Waals surface area contributed by atoms with E-state index in [9.17, 15) is 9.90 Å². The van der Waals surface area contributed by atoms with Crippen LogP contribution in [0.3, 0.4) is 0 Å². The number of aliphatic carboxylic acids is 1. The molecule has 0 atom stereocenters. The summed E-state index contributed by atoms with van der Waals surface area (Å²) in [4.78, 5) is 14.2. The predicted molar refractivity (Wildman–Crippen MR) is 137 cm³/mol. The second kappa shape index (κ2) is 11.3. The molecule has 1 aliphatic rings. The van der Waals surface area contributed by atoms with Gasteiger partial charge in [-0.3, -0.25) is 4.79 Å². The zero-order chi connectivity index (χ0) is 23.9. The van der Waals surface area contributed by atoms with E-state index in [0.29, 0.717) is 5.75 Å². The topological polar surface area (TPSA) is 60.8 Å². The number of carboxylic acids is 1. The van der Waals surface area contributed by atoms with Crippen LogP contribution in [-0.4, -0.2) is 34.2 Å². The molecule has 0 amide bonds. The van der Waals surface area contributed by atoms with Crippen molar-refractivity contribution in [1.29, 1.82) is 0 Å². The lowest BCUT2D eigenvalue weighted by atomic mass is 9.78. The van der Waals surface area contributed by atoms with Gasteiger partial charge in [0.1, 0.15) is 5.75 Å². The number of benzene rings is 1. The van der Waals surface area contributed by atoms with Gasteiger partial charge in [-0.1, -0.05) is 72.6 Å². The average Bonchev–Trinajstić information content (AvgIpc) is 2.67. The fourth-order valence-corrected chi connectivity index (χ4v) is 4.77. The zero-order valence-corrected chi connectivity index (χ0v) is 21.5. The van der Waals surface area contributed by atoms with E-state index >= 15 is 0 Å². The summed E-state index contributed by atoms with van der Waals surface area (Å²) in [6.07, 6.45) is 9.85. The van der Waals surface area contributed by atoms with Crippen molar-refractivity contribution in [2.45, 2.75) is 90.9 Å². The summed E-state index contributed by atoms with van der Waals surface area (Å²) in [6.45, 7) is 14.8. The SMILES string of the molecule is CC(C)(C)c1cc(C=C2CN(CCCCCCCC(=O)O)C=CS2)cc(C(C)(C)C)c1O. The molecule has 0 aromatic heterocycles. The molecule has 2 N–H and O–H groups in total. The molecule has 5 heteroatoms. The van der Waals surface area contributed by atoms with Crippen LogP contribution in [0, 0.1) is 0 Å². The molecule has 1 heterocycles. The van der Waals surface area contributed by atoms with Gasteiger partial charge < -0.3 is 15.1 Å². The van der Waals surface area contributed by atoms with Crippen LogP contribution in [0.25, 0.3) is 6.08 Å². The Hall–Kier alpha value is -1.88. The largest absolute Gasteiger partial charge is 0.507 e. The van der Waals surface area contributed by atoms with Crippen LogP contribution in [0.1, 0.15) is 96.8 Å². The van der Waals surface area contributed by atoms with Gasteiger partial charge in [-0.05, 0) is 52.9 Å². The fourth-order valence-electron chi connectivity index (χ4n) is 3.92. The molecule has 2 rings (SSSR count). The molecule has 0 fully saturated rings.